The Balaban J connectivity index is 2.22. The fourth-order valence-electron chi connectivity index (χ4n) is 1.77. The topological polar surface area (TPSA) is 17.1 Å². The smallest absolute Gasteiger partial charge is 0.177 e. The molecule has 2 rings (SSSR count). The van der Waals surface area contributed by atoms with Crippen molar-refractivity contribution in [3.63, 3.8) is 0 Å². The van der Waals surface area contributed by atoms with Gasteiger partial charge in [-0.3, -0.25) is 4.79 Å². The van der Waals surface area contributed by atoms with E-state index in [1.165, 1.54) is 23.5 Å². The zero-order valence-corrected chi connectivity index (χ0v) is 10.6. The van der Waals surface area contributed by atoms with E-state index in [4.69, 9.17) is 0 Å². The van der Waals surface area contributed by atoms with Crippen LogP contribution in [0.25, 0.3) is 0 Å². The third-order valence-corrected chi connectivity index (χ3v) is 3.83. The molecule has 1 nitrogen and oxygen atoms in total. The molecule has 0 aliphatic rings. The molecule has 1 aromatic carbocycles. The highest BCUT2D eigenvalue weighted by molar-refractivity contribution is 7.12. The van der Waals surface area contributed by atoms with Gasteiger partial charge in [0.1, 0.15) is 5.82 Å². The average molecular weight is 248 g/mol. The maximum Gasteiger partial charge on any atom is 0.177 e. The fourth-order valence-corrected chi connectivity index (χ4v) is 2.64. The van der Waals surface area contributed by atoms with Crippen LogP contribution < -0.4 is 0 Å². The Bertz CT molecular complexity index is 557. The van der Waals surface area contributed by atoms with Crippen molar-refractivity contribution in [2.24, 2.45) is 0 Å². The second kappa shape index (κ2) is 4.80. The monoisotopic (exact) mass is 248 g/mol. The van der Waals surface area contributed by atoms with Gasteiger partial charge in [0.05, 0.1) is 4.88 Å². The van der Waals surface area contributed by atoms with Gasteiger partial charge < -0.3 is 0 Å². The summed E-state index contributed by atoms with van der Waals surface area (Å²) in [6, 6.07) is 6.49. The van der Waals surface area contributed by atoms with Gasteiger partial charge in [0, 0.05) is 6.42 Å². The number of hydrogen-bond acceptors (Lipinski definition) is 2. The minimum atomic E-state index is -0.258. The van der Waals surface area contributed by atoms with Crippen LogP contribution in [-0.4, -0.2) is 5.78 Å². The predicted octanol–water partition coefficient (Wildman–Crippen LogP) is 3.93. The van der Waals surface area contributed by atoms with Crippen molar-refractivity contribution in [1.82, 2.24) is 0 Å². The van der Waals surface area contributed by atoms with E-state index >= 15 is 0 Å². The first-order valence-electron chi connectivity index (χ1n) is 5.40. The number of carbonyl (C=O) groups excluding carboxylic acids is 1. The summed E-state index contributed by atoms with van der Waals surface area (Å²) in [4.78, 5) is 12.8. The molecule has 0 radical (unpaired) electrons. The van der Waals surface area contributed by atoms with Crippen LogP contribution in [0.2, 0.25) is 0 Å². The lowest BCUT2D eigenvalue weighted by atomic mass is 10.0. The van der Waals surface area contributed by atoms with E-state index in [1.807, 2.05) is 25.3 Å². The Labute approximate surface area is 104 Å². The van der Waals surface area contributed by atoms with Crippen molar-refractivity contribution >= 4 is 17.1 Å². The van der Waals surface area contributed by atoms with Gasteiger partial charge in [-0.1, -0.05) is 6.07 Å². The molecule has 0 N–H and O–H groups in total. The van der Waals surface area contributed by atoms with Gasteiger partial charge >= 0.3 is 0 Å². The molecule has 2 aromatic rings. The van der Waals surface area contributed by atoms with Crippen molar-refractivity contribution in [2.75, 3.05) is 0 Å². The summed E-state index contributed by atoms with van der Waals surface area (Å²) >= 11 is 1.46. The average Bonchev–Trinajstić information content (AvgIpc) is 2.68. The zero-order valence-electron chi connectivity index (χ0n) is 9.79. The molecule has 0 saturated heterocycles. The van der Waals surface area contributed by atoms with E-state index in [0.717, 1.165) is 21.6 Å². The molecule has 0 bridgehead atoms. The number of aryl methyl sites for hydroxylation is 2. The van der Waals surface area contributed by atoms with Gasteiger partial charge in [0.25, 0.3) is 0 Å². The van der Waals surface area contributed by atoms with Crippen molar-refractivity contribution in [2.45, 2.75) is 20.3 Å². The van der Waals surface area contributed by atoms with Gasteiger partial charge in [-0.2, -0.15) is 0 Å². The highest BCUT2D eigenvalue weighted by Crippen LogP contribution is 2.19. The molecule has 3 heteroatoms. The summed E-state index contributed by atoms with van der Waals surface area (Å²) in [5, 5.41) is 1.92. The third-order valence-electron chi connectivity index (χ3n) is 2.77. The molecule has 0 saturated carbocycles. The molecule has 0 amide bonds. The summed E-state index contributed by atoms with van der Waals surface area (Å²) in [7, 11) is 0. The number of carbonyl (C=O) groups is 1. The second-order valence-electron chi connectivity index (χ2n) is 4.10. The van der Waals surface area contributed by atoms with Gasteiger partial charge in [0.15, 0.2) is 5.78 Å². The van der Waals surface area contributed by atoms with Crippen LogP contribution in [0.15, 0.2) is 29.6 Å². The van der Waals surface area contributed by atoms with Crippen molar-refractivity contribution in [3.05, 3.63) is 57.0 Å². The summed E-state index contributed by atoms with van der Waals surface area (Å²) in [5.41, 5.74) is 2.73. The number of thiophene rings is 1. The number of ketones is 1. The number of halogens is 1. The normalized spacial score (nSPS) is 10.5. The van der Waals surface area contributed by atoms with Crippen LogP contribution in [0, 0.1) is 19.7 Å². The van der Waals surface area contributed by atoms with Crippen LogP contribution >= 0.6 is 11.3 Å². The highest BCUT2D eigenvalue weighted by atomic mass is 32.1. The van der Waals surface area contributed by atoms with Gasteiger partial charge in [0.2, 0.25) is 0 Å². The molecule has 0 fully saturated rings. The molecular weight excluding hydrogens is 235 g/mol. The lowest BCUT2D eigenvalue weighted by Gasteiger charge is -2.05. The number of benzene rings is 1. The summed E-state index contributed by atoms with van der Waals surface area (Å²) < 4.78 is 12.9. The molecule has 1 aromatic heterocycles. The Morgan fingerprint density at radius 2 is 2.00 bits per heavy atom. The van der Waals surface area contributed by atoms with Crippen LogP contribution in [0.1, 0.15) is 26.4 Å². The first-order valence-corrected chi connectivity index (χ1v) is 6.28. The quantitative estimate of drug-likeness (QED) is 0.752. The summed E-state index contributed by atoms with van der Waals surface area (Å²) in [5.74, 6) is -0.154. The van der Waals surface area contributed by atoms with Crippen molar-refractivity contribution < 1.29 is 9.18 Å². The lowest BCUT2D eigenvalue weighted by molar-refractivity contribution is 0.0996. The lowest BCUT2D eigenvalue weighted by Crippen LogP contribution is -2.04. The molecule has 88 valence electrons. The molecule has 0 aliphatic carbocycles. The van der Waals surface area contributed by atoms with Crippen LogP contribution in [0.4, 0.5) is 4.39 Å². The van der Waals surface area contributed by atoms with Crippen molar-refractivity contribution in [1.29, 1.82) is 0 Å². The molecule has 0 unspecified atom stereocenters. The van der Waals surface area contributed by atoms with Crippen LogP contribution in [0.5, 0.6) is 0 Å². The number of rotatable bonds is 3. The largest absolute Gasteiger partial charge is 0.293 e. The molecule has 0 spiro atoms. The predicted molar refractivity (Wildman–Crippen MR) is 68.2 cm³/mol. The Morgan fingerprint density at radius 1 is 1.24 bits per heavy atom. The first-order chi connectivity index (χ1) is 8.08. The van der Waals surface area contributed by atoms with Gasteiger partial charge in [-0.25, -0.2) is 4.39 Å². The van der Waals surface area contributed by atoms with E-state index in [1.54, 1.807) is 6.07 Å². The van der Waals surface area contributed by atoms with E-state index in [0.29, 0.717) is 6.42 Å². The summed E-state index contributed by atoms with van der Waals surface area (Å²) in [6.07, 6.45) is 0.341. The van der Waals surface area contributed by atoms with E-state index in [9.17, 15) is 9.18 Å². The second-order valence-corrected chi connectivity index (χ2v) is 5.02. The van der Waals surface area contributed by atoms with Crippen LogP contribution in [-0.2, 0) is 6.42 Å². The maximum atomic E-state index is 12.9. The fraction of sp³-hybridized carbons (Fsp3) is 0.214. The molecular formula is C14H13FOS. The van der Waals surface area contributed by atoms with Crippen LogP contribution in [0.3, 0.4) is 0 Å². The SMILES string of the molecule is Cc1cc(F)ccc1CC(=O)c1sccc1C. The van der Waals surface area contributed by atoms with E-state index in [2.05, 4.69) is 0 Å². The molecule has 0 aliphatic heterocycles. The number of hydrogen-bond donors (Lipinski definition) is 0. The standard InChI is InChI=1S/C14H13FOS/c1-9-5-6-17-14(9)13(16)8-11-3-4-12(15)7-10(11)2/h3-7H,8H2,1-2H3. The maximum absolute atomic E-state index is 12.9. The number of Topliss-reactive ketones (excluding diaryl/α,β-unsaturated/α-hetero) is 1. The Morgan fingerprint density at radius 3 is 2.59 bits per heavy atom. The van der Waals surface area contributed by atoms with E-state index < -0.39 is 0 Å². The Kier molecular flexibility index (Phi) is 3.38. The van der Waals surface area contributed by atoms with Gasteiger partial charge in [-0.05, 0) is 54.1 Å². The highest BCUT2D eigenvalue weighted by Gasteiger charge is 2.12. The summed E-state index contributed by atoms with van der Waals surface area (Å²) in [6.45, 7) is 3.76. The molecule has 17 heavy (non-hydrogen) atoms. The minimum absolute atomic E-state index is 0.104. The van der Waals surface area contributed by atoms with Crippen molar-refractivity contribution in [3.8, 4) is 0 Å². The zero-order chi connectivity index (χ0) is 12.4. The third kappa shape index (κ3) is 2.61. The molecule has 0 atom stereocenters. The van der Waals surface area contributed by atoms with Gasteiger partial charge in [-0.15, -0.1) is 11.3 Å². The first kappa shape index (κ1) is 12.0. The minimum Gasteiger partial charge on any atom is -0.293 e. The Hall–Kier alpha value is -1.48. The van der Waals surface area contributed by atoms with E-state index in [-0.39, 0.29) is 11.6 Å². The molecule has 1 heterocycles.